The Kier molecular flexibility index (Phi) is 11.2. The first-order valence-corrected chi connectivity index (χ1v) is 11.2. The van der Waals surface area contributed by atoms with E-state index in [9.17, 15) is 29.4 Å². The number of nitrogens with one attached hydrogen (secondary N) is 4. The standard InChI is InChI=1S/2C13H14N2O3.Ca/c2*1-8(16)15-12(13(17)18)6-9-7-14-11-5-3-2-4-10(9)11;/h2*2-5,7,12,14H,6H2,1H3,(H,15,16)(H,17,18);/q;;+2/p-2/t2*12-;/m00./s1. The number of carboxylic acid groups (broad SMARTS) is 2. The summed E-state index contributed by atoms with van der Waals surface area (Å²) < 4.78 is 0. The first-order chi connectivity index (χ1) is 17.2. The second kappa shape index (κ2) is 13.8. The number of rotatable bonds is 8. The number of aromatic nitrogens is 2. The molecule has 10 nitrogen and oxygen atoms in total. The third-order valence-electron chi connectivity index (χ3n) is 5.52. The number of aromatic amines is 2. The van der Waals surface area contributed by atoms with Crippen LogP contribution in [0, 0.1) is 0 Å². The summed E-state index contributed by atoms with van der Waals surface area (Å²) in [5.74, 6) is -3.33. The topological polar surface area (TPSA) is 170 Å². The Balaban J connectivity index is 0.000000253. The molecule has 0 aliphatic rings. The van der Waals surface area contributed by atoms with Gasteiger partial charge < -0.3 is 40.4 Å². The summed E-state index contributed by atoms with van der Waals surface area (Å²) in [4.78, 5) is 49.9. The molecular weight excluding hydrogens is 504 g/mol. The van der Waals surface area contributed by atoms with Gasteiger partial charge in [0, 0.05) is 60.9 Å². The minimum atomic E-state index is -1.28. The van der Waals surface area contributed by atoms with Crippen molar-refractivity contribution >= 4 is 83.3 Å². The fraction of sp³-hybridized carbons (Fsp3) is 0.231. The van der Waals surface area contributed by atoms with Gasteiger partial charge in [0.1, 0.15) is 0 Å². The van der Waals surface area contributed by atoms with Crippen molar-refractivity contribution in [3.05, 3.63) is 72.1 Å². The van der Waals surface area contributed by atoms with Gasteiger partial charge in [-0.05, 0) is 23.3 Å². The van der Waals surface area contributed by atoms with Crippen LogP contribution in [0.15, 0.2) is 60.9 Å². The number of para-hydroxylation sites is 2. The zero-order valence-electron chi connectivity index (χ0n) is 20.5. The molecule has 2 aromatic heterocycles. The molecule has 0 saturated heterocycles. The maximum absolute atomic E-state index is 11.0. The first-order valence-electron chi connectivity index (χ1n) is 11.2. The molecule has 2 heterocycles. The summed E-state index contributed by atoms with van der Waals surface area (Å²) in [6, 6.07) is 13.2. The average Bonchev–Trinajstić information content (AvgIpc) is 3.42. The molecule has 0 spiro atoms. The molecular formula is C26H26CaN4O6. The SMILES string of the molecule is CC(=O)N[C@@H](Cc1c[nH]c2ccccc12)C(=O)[O-].CC(=O)N[C@@H](Cc1c[nH]c2ccccc12)C(=O)[O-].[Ca+2]. The van der Waals surface area contributed by atoms with Gasteiger partial charge in [-0.3, -0.25) is 9.59 Å². The summed E-state index contributed by atoms with van der Waals surface area (Å²) in [5.41, 5.74) is 3.56. The Morgan fingerprint density at radius 2 is 1.05 bits per heavy atom. The number of fused-ring (bicyclic) bond motifs is 2. The van der Waals surface area contributed by atoms with Crippen molar-refractivity contribution in [2.45, 2.75) is 38.8 Å². The van der Waals surface area contributed by atoms with Crippen molar-refractivity contribution in [3.8, 4) is 0 Å². The molecule has 4 N–H and O–H groups in total. The monoisotopic (exact) mass is 530 g/mol. The Morgan fingerprint density at radius 3 is 1.38 bits per heavy atom. The van der Waals surface area contributed by atoms with Crippen LogP contribution < -0.4 is 20.8 Å². The number of carboxylic acids is 2. The van der Waals surface area contributed by atoms with Gasteiger partial charge in [-0.2, -0.15) is 0 Å². The molecule has 4 aromatic rings. The number of hydrogen-bond donors (Lipinski definition) is 4. The zero-order valence-corrected chi connectivity index (χ0v) is 22.7. The Bertz CT molecular complexity index is 1290. The van der Waals surface area contributed by atoms with Crippen LogP contribution in [0.25, 0.3) is 21.8 Å². The van der Waals surface area contributed by atoms with Crippen LogP contribution in [0.2, 0.25) is 0 Å². The zero-order chi connectivity index (χ0) is 26.2. The van der Waals surface area contributed by atoms with E-state index in [-0.39, 0.29) is 62.4 Å². The molecule has 0 unspecified atom stereocenters. The maximum atomic E-state index is 11.0. The van der Waals surface area contributed by atoms with E-state index in [1.807, 2.05) is 48.5 Å². The molecule has 0 radical (unpaired) electrons. The number of amides is 2. The third-order valence-corrected chi connectivity index (χ3v) is 5.52. The summed E-state index contributed by atoms with van der Waals surface area (Å²) in [7, 11) is 0. The van der Waals surface area contributed by atoms with E-state index < -0.39 is 24.0 Å². The average molecular weight is 531 g/mol. The van der Waals surface area contributed by atoms with E-state index in [4.69, 9.17) is 0 Å². The Hall–Kier alpha value is -3.34. The second-order valence-corrected chi connectivity index (χ2v) is 8.27. The number of benzene rings is 2. The predicted octanol–water partition coefficient (Wildman–Crippen LogP) is -0.451. The van der Waals surface area contributed by atoms with Gasteiger partial charge in [-0.1, -0.05) is 36.4 Å². The van der Waals surface area contributed by atoms with E-state index in [1.165, 1.54) is 13.8 Å². The first kappa shape index (κ1) is 29.9. The van der Waals surface area contributed by atoms with E-state index in [2.05, 4.69) is 20.6 Å². The number of carbonyl (C=O) groups excluding carboxylic acids is 4. The van der Waals surface area contributed by atoms with Gasteiger partial charge in [-0.25, -0.2) is 0 Å². The molecule has 0 aliphatic heterocycles. The number of aliphatic carboxylic acids is 2. The van der Waals surface area contributed by atoms with Crippen LogP contribution >= 0.6 is 0 Å². The molecule has 2 atom stereocenters. The minimum Gasteiger partial charge on any atom is -0.548 e. The fourth-order valence-electron chi connectivity index (χ4n) is 3.92. The summed E-state index contributed by atoms with van der Waals surface area (Å²) in [6.07, 6.45) is 3.91. The second-order valence-electron chi connectivity index (χ2n) is 8.27. The predicted molar refractivity (Wildman–Crippen MR) is 135 cm³/mol. The van der Waals surface area contributed by atoms with Gasteiger partial charge >= 0.3 is 37.7 Å². The normalized spacial score (nSPS) is 11.9. The smallest absolute Gasteiger partial charge is 0.548 e. The fourth-order valence-corrected chi connectivity index (χ4v) is 3.92. The third kappa shape index (κ3) is 8.34. The summed E-state index contributed by atoms with van der Waals surface area (Å²) in [6.45, 7) is 2.57. The molecule has 4 rings (SSSR count). The molecule has 2 amide bonds. The summed E-state index contributed by atoms with van der Waals surface area (Å²) >= 11 is 0. The van der Waals surface area contributed by atoms with Crippen LogP contribution in [0.1, 0.15) is 25.0 Å². The van der Waals surface area contributed by atoms with E-state index in [0.717, 1.165) is 32.9 Å². The van der Waals surface area contributed by atoms with Crippen molar-refractivity contribution in [2.75, 3.05) is 0 Å². The van der Waals surface area contributed by atoms with Gasteiger partial charge in [0.25, 0.3) is 0 Å². The molecule has 0 aliphatic carbocycles. The van der Waals surface area contributed by atoms with Crippen molar-refractivity contribution in [3.63, 3.8) is 0 Å². The quantitative estimate of drug-likeness (QED) is 0.225. The van der Waals surface area contributed by atoms with E-state index in [1.54, 1.807) is 12.4 Å². The van der Waals surface area contributed by atoms with Crippen molar-refractivity contribution < 1.29 is 29.4 Å². The largest absolute Gasteiger partial charge is 2.00 e. The molecule has 11 heteroatoms. The van der Waals surface area contributed by atoms with Gasteiger partial charge in [0.05, 0.1) is 24.0 Å². The minimum absolute atomic E-state index is 0. The van der Waals surface area contributed by atoms with Gasteiger partial charge in [0.2, 0.25) is 11.8 Å². The number of hydrogen-bond acceptors (Lipinski definition) is 6. The van der Waals surface area contributed by atoms with Crippen molar-refractivity contribution in [1.82, 2.24) is 20.6 Å². The number of H-pyrrole nitrogens is 2. The van der Waals surface area contributed by atoms with Crippen LogP contribution in [-0.2, 0) is 32.0 Å². The molecule has 0 fully saturated rings. The van der Waals surface area contributed by atoms with E-state index in [0.29, 0.717) is 0 Å². The summed E-state index contributed by atoms with van der Waals surface area (Å²) in [5, 5.41) is 28.6. The van der Waals surface area contributed by atoms with Gasteiger partial charge in [0.15, 0.2) is 0 Å². The van der Waals surface area contributed by atoms with Crippen LogP contribution in [-0.4, -0.2) is 83.5 Å². The van der Waals surface area contributed by atoms with Crippen LogP contribution in [0.4, 0.5) is 0 Å². The number of carbonyl (C=O) groups is 4. The Morgan fingerprint density at radius 1 is 0.703 bits per heavy atom. The maximum Gasteiger partial charge on any atom is 2.00 e. The van der Waals surface area contributed by atoms with E-state index >= 15 is 0 Å². The Labute approximate surface area is 242 Å². The molecule has 37 heavy (non-hydrogen) atoms. The van der Waals surface area contributed by atoms with Crippen LogP contribution in [0.5, 0.6) is 0 Å². The molecule has 0 bridgehead atoms. The molecule has 0 saturated carbocycles. The molecule has 2 aromatic carbocycles. The van der Waals surface area contributed by atoms with Gasteiger partial charge in [-0.15, -0.1) is 0 Å². The van der Waals surface area contributed by atoms with Crippen molar-refractivity contribution in [2.24, 2.45) is 0 Å². The van der Waals surface area contributed by atoms with Crippen LogP contribution in [0.3, 0.4) is 0 Å². The molecule has 188 valence electrons. The van der Waals surface area contributed by atoms with Crippen molar-refractivity contribution in [1.29, 1.82) is 0 Å².